The average Bonchev–Trinajstić information content (AvgIpc) is 2.10. The molecule has 3 N–H and O–H groups in total. The highest BCUT2D eigenvalue weighted by atomic mass is 79.9. The zero-order valence-electron chi connectivity index (χ0n) is 8.33. The molecule has 4 nitrogen and oxygen atoms in total. The highest BCUT2D eigenvalue weighted by Crippen LogP contribution is 2.23. The van der Waals surface area contributed by atoms with Gasteiger partial charge >= 0.3 is 0 Å². The van der Waals surface area contributed by atoms with Crippen molar-refractivity contribution in [1.82, 2.24) is 0 Å². The molecule has 1 aromatic carbocycles. The topological polar surface area (TPSA) is 72.2 Å². The van der Waals surface area contributed by atoms with Crippen molar-refractivity contribution >= 4 is 31.6 Å². The van der Waals surface area contributed by atoms with E-state index >= 15 is 0 Å². The van der Waals surface area contributed by atoms with Gasteiger partial charge in [0, 0.05) is 16.7 Å². The van der Waals surface area contributed by atoms with Gasteiger partial charge in [-0.1, -0.05) is 22.0 Å². The quantitative estimate of drug-likeness (QED) is 0.882. The predicted molar refractivity (Wildman–Crippen MR) is 65.3 cm³/mol. The van der Waals surface area contributed by atoms with Crippen LogP contribution in [0, 0.1) is 6.92 Å². The molecule has 0 aliphatic rings. The second kappa shape index (κ2) is 4.96. The summed E-state index contributed by atoms with van der Waals surface area (Å²) in [6.07, 6.45) is 0. The van der Waals surface area contributed by atoms with Gasteiger partial charge in [-0.25, -0.2) is 13.6 Å². The van der Waals surface area contributed by atoms with Gasteiger partial charge in [0.15, 0.2) is 0 Å². The van der Waals surface area contributed by atoms with Crippen LogP contribution in [0.15, 0.2) is 22.7 Å². The Morgan fingerprint density at radius 3 is 2.73 bits per heavy atom. The average molecular weight is 293 g/mol. The number of rotatable bonds is 4. The molecule has 0 heterocycles. The summed E-state index contributed by atoms with van der Waals surface area (Å²) in [5, 5.41) is 7.91. The van der Waals surface area contributed by atoms with Crippen LogP contribution < -0.4 is 10.5 Å². The molecule has 0 radical (unpaired) electrons. The van der Waals surface area contributed by atoms with E-state index in [0.717, 1.165) is 15.7 Å². The maximum atomic E-state index is 10.7. The van der Waals surface area contributed by atoms with E-state index in [9.17, 15) is 8.42 Å². The number of anilines is 1. The molecule has 0 spiro atoms. The summed E-state index contributed by atoms with van der Waals surface area (Å²) in [5.74, 6) is -0.0705. The Labute approximate surface area is 98.0 Å². The number of benzene rings is 1. The third-order valence-electron chi connectivity index (χ3n) is 1.97. The van der Waals surface area contributed by atoms with Crippen LogP contribution in [-0.2, 0) is 10.0 Å². The van der Waals surface area contributed by atoms with Gasteiger partial charge in [-0.3, -0.25) is 0 Å². The molecule has 0 amide bonds. The standard InChI is InChI=1S/C9H13BrN2O2S/c1-7-8(10)3-2-4-9(7)12-5-6-15(11,13)14/h2-4,12H,5-6H2,1H3,(H2,11,13,14). The number of hydrogen-bond acceptors (Lipinski definition) is 3. The summed E-state index contributed by atoms with van der Waals surface area (Å²) in [4.78, 5) is 0. The van der Waals surface area contributed by atoms with Gasteiger partial charge in [0.1, 0.15) is 0 Å². The van der Waals surface area contributed by atoms with Crippen LogP contribution >= 0.6 is 15.9 Å². The first-order chi connectivity index (χ1) is 6.90. The first kappa shape index (κ1) is 12.5. The van der Waals surface area contributed by atoms with E-state index in [-0.39, 0.29) is 5.75 Å². The number of halogens is 1. The molecule has 0 aliphatic carbocycles. The molecule has 0 aromatic heterocycles. The Hall–Kier alpha value is -0.590. The summed E-state index contributed by atoms with van der Waals surface area (Å²) in [6.45, 7) is 2.26. The van der Waals surface area contributed by atoms with Gasteiger partial charge in [-0.2, -0.15) is 0 Å². The SMILES string of the molecule is Cc1c(Br)cccc1NCCS(N)(=O)=O. The minimum atomic E-state index is -3.39. The predicted octanol–water partition coefficient (Wildman–Crippen LogP) is 1.46. The molecule has 0 atom stereocenters. The molecule has 15 heavy (non-hydrogen) atoms. The molecule has 0 fully saturated rings. The van der Waals surface area contributed by atoms with Gasteiger partial charge in [-0.15, -0.1) is 0 Å². The lowest BCUT2D eigenvalue weighted by molar-refractivity contribution is 0.598. The molecule has 0 bridgehead atoms. The van der Waals surface area contributed by atoms with E-state index in [0.29, 0.717) is 6.54 Å². The Morgan fingerprint density at radius 2 is 2.13 bits per heavy atom. The molecule has 1 rings (SSSR count). The van der Waals surface area contributed by atoms with Crippen molar-refractivity contribution in [2.24, 2.45) is 5.14 Å². The summed E-state index contributed by atoms with van der Waals surface area (Å²) < 4.78 is 22.4. The van der Waals surface area contributed by atoms with Gasteiger partial charge in [-0.05, 0) is 24.6 Å². The largest absolute Gasteiger partial charge is 0.384 e. The molecule has 0 saturated carbocycles. The second-order valence-corrected chi connectivity index (χ2v) is 5.79. The lowest BCUT2D eigenvalue weighted by Gasteiger charge is -2.09. The van der Waals surface area contributed by atoms with Crippen molar-refractivity contribution in [2.45, 2.75) is 6.92 Å². The smallest absolute Gasteiger partial charge is 0.210 e. The second-order valence-electron chi connectivity index (χ2n) is 3.21. The molecule has 0 aliphatic heterocycles. The number of nitrogens with two attached hydrogens (primary N) is 1. The maximum absolute atomic E-state index is 10.7. The van der Waals surface area contributed by atoms with Gasteiger partial charge in [0.2, 0.25) is 10.0 Å². The van der Waals surface area contributed by atoms with Crippen molar-refractivity contribution in [3.63, 3.8) is 0 Å². The van der Waals surface area contributed by atoms with Crippen LogP contribution in [0.25, 0.3) is 0 Å². The number of primary sulfonamides is 1. The number of hydrogen-bond donors (Lipinski definition) is 2. The Balaban J connectivity index is 2.62. The van der Waals surface area contributed by atoms with E-state index in [1.807, 2.05) is 25.1 Å². The van der Waals surface area contributed by atoms with Crippen molar-refractivity contribution in [1.29, 1.82) is 0 Å². The summed E-state index contributed by atoms with van der Waals surface area (Å²) >= 11 is 3.39. The normalized spacial score (nSPS) is 11.4. The van der Waals surface area contributed by atoms with Crippen LogP contribution in [-0.4, -0.2) is 20.7 Å². The molecule has 1 aromatic rings. The van der Waals surface area contributed by atoms with E-state index in [1.165, 1.54) is 0 Å². The van der Waals surface area contributed by atoms with E-state index in [2.05, 4.69) is 21.2 Å². The van der Waals surface area contributed by atoms with Crippen LogP contribution in [0.1, 0.15) is 5.56 Å². The Morgan fingerprint density at radius 1 is 1.47 bits per heavy atom. The molecular formula is C9H13BrN2O2S. The first-order valence-corrected chi connectivity index (χ1v) is 6.90. The van der Waals surface area contributed by atoms with Crippen molar-refractivity contribution in [3.05, 3.63) is 28.2 Å². The minimum Gasteiger partial charge on any atom is -0.384 e. The van der Waals surface area contributed by atoms with Crippen LogP contribution in [0.2, 0.25) is 0 Å². The summed E-state index contributed by atoms with van der Waals surface area (Å²) in [7, 11) is -3.39. The third kappa shape index (κ3) is 4.19. The minimum absolute atomic E-state index is 0.0705. The molecule has 84 valence electrons. The fraction of sp³-hybridized carbons (Fsp3) is 0.333. The molecule has 6 heteroatoms. The number of sulfonamides is 1. The fourth-order valence-corrected chi connectivity index (χ4v) is 1.88. The van der Waals surface area contributed by atoms with Crippen molar-refractivity contribution < 1.29 is 8.42 Å². The summed E-state index contributed by atoms with van der Waals surface area (Å²) in [6, 6.07) is 5.71. The van der Waals surface area contributed by atoms with Crippen LogP contribution in [0.3, 0.4) is 0 Å². The van der Waals surface area contributed by atoms with Gasteiger partial charge in [0.05, 0.1) is 5.75 Å². The highest BCUT2D eigenvalue weighted by Gasteiger charge is 2.04. The van der Waals surface area contributed by atoms with Crippen LogP contribution in [0.5, 0.6) is 0 Å². The molecular weight excluding hydrogens is 280 g/mol. The van der Waals surface area contributed by atoms with Crippen LogP contribution in [0.4, 0.5) is 5.69 Å². The Kier molecular flexibility index (Phi) is 4.12. The number of nitrogens with one attached hydrogen (secondary N) is 1. The molecule has 0 unspecified atom stereocenters. The van der Waals surface area contributed by atoms with E-state index < -0.39 is 10.0 Å². The lowest BCUT2D eigenvalue weighted by atomic mass is 10.2. The maximum Gasteiger partial charge on any atom is 0.210 e. The van der Waals surface area contributed by atoms with Gasteiger partial charge in [0.25, 0.3) is 0 Å². The lowest BCUT2D eigenvalue weighted by Crippen LogP contribution is -2.22. The van der Waals surface area contributed by atoms with Crippen molar-refractivity contribution in [2.75, 3.05) is 17.6 Å². The molecule has 0 saturated heterocycles. The highest BCUT2D eigenvalue weighted by molar-refractivity contribution is 9.10. The zero-order valence-corrected chi connectivity index (χ0v) is 10.7. The Bertz CT molecular complexity index is 445. The first-order valence-electron chi connectivity index (χ1n) is 4.39. The monoisotopic (exact) mass is 292 g/mol. The third-order valence-corrected chi connectivity index (χ3v) is 3.60. The fourth-order valence-electron chi connectivity index (χ4n) is 1.13. The van der Waals surface area contributed by atoms with Gasteiger partial charge < -0.3 is 5.32 Å². The van der Waals surface area contributed by atoms with Crippen molar-refractivity contribution in [3.8, 4) is 0 Å². The summed E-state index contributed by atoms with van der Waals surface area (Å²) in [5.41, 5.74) is 1.96. The van der Waals surface area contributed by atoms with E-state index in [1.54, 1.807) is 0 Å². The van der Waals surface area contributed by atoms with E-state index in [4.69, 9.17) is 5.14 Å². The zero-order chi connectivity index (χ0) is 11.5.